The monoisotopic (exact) mass is 281 g/mol. The summed E-state index contributed by atoms with van der Waals surface area (Å²) < 4.78 is 14.1. The van der Waals surface area contributed by atoms with Crippen LogP contribution in [-0.4, -0.2) is 24.8 Å². The molecule has 0 heterocycles. The van der Waals surface area contributed by atoms with Crippen LogP contribution in [0.4, 0.5) is 4.39 Å². The van der Waals surface area contributed by atoms with Crippen LogP contribution in [0.5, 0.6) is 0 Å². The Balaban J connectivity index is 2.24. The van der Waals surface area contributed by atoms with Crippen LogP contribution in [0.2, 0.25) is 0 Å². The van der Waals surface area contributed by atoms with Crippen molar-refractivity contribution in [3.8, 4) is 0 Å². The molecule has 2 nitrogen and oxygen atoms in total. The number of fused-ring (bicyclic) bond motifs is 1. The molecule has 3 heteroatoms. The quantitative estimate of drug-likeness (QED) is 0.784. The lowest BCUT2D eigenvalue weighted by Gasteiger charge is -2.15. The fraction of sp³-hybridized carbons (Fsp3) is 0.167. The first-order chi connectivity index (χ1) is 10.1. The summed E-state index contributed by atoms with van der Waals surface area (Å²) in [5.41, 5.74) is 2.58. The lowest BCUT2D eigenvalue weighted by Crippen LogP contribution is -2.09. The number of allylic oxidation sites excluding steroid dienone is 1. The van der Waals surface area contributed by atoms with Gasteiger partial charge in [-0.25, -0.2) is 4.39 Å². The van der Waals surface area contributed by atoms with Crippen molar-refractivity contribution in [2.24, 2.45) is 0 Å². The van der Waals surface area contributed by atoms with Crippen molar-refractivity contribution in [1.29, 1.82) is 0 Å². The molecule has 0 saturated heterocycles. The molecular weight excluding hydrogens is 265 g/mol. The van der Waals surface area contributed by atoms with E-state index in [9.17, 15) is 9.18 Å². The van der Waals surface area contributed by atoms with Gasteiger partial charge in [-0.15, -0.1) is 0 Å². The topological polar surface area (TPSA) is 20.3 Å². The molecule has 1 aliphatic rings. The van der Waals surface area contributed by atoms with Crippen molar-refractivity contribution in [3.63, 3.8) is 0 Å². The van der Waals surface area contributed by atoms with Gasteiger partial charge in [0.25, 0.3) is 0 Å². The van der Waals surface area contributed by atoms with Crippen LogP contribution in [0, 0.1) is 5.82 Å². The Morgan fingerprint density at radius 2 is 1.76 bits per heavy atom. The van der Waals surface area contributed by atoms with Gasteiger partial charge in [-0.3, -0.25) is 4.79 Å². The molecule has 0 radical (unpaired) electrons. The molecule has 0 aliphatic heterocycles. The molecule has 0 fully saturated rings. The van der Waals surface area contributed by atoms with Crippen molar-refractivity contribution in [1.82, 2.24) is 4.90 Å². The summed E-state index contributed by atoms with van der Waals surface area (Å²) in [4.78, 5) is 14.4. The van der Waals surface area contributed by atoms with Crippen LogP contribution in [0.1, 0.15) is 27.4 Å². The number of rotatable bonds is 2. The van der Waals surface area contributed by atoms with Crippen molar-refractivity contribution in [2.75, 3.05) is 14.1 Å². The maximum absolute atomic E-state index is 14.1. The summed E-state index contributed by atoms with van der Waals surface area (Å²) in [5, 5.41) is 0. The molecule has 0 spiro atoms. The molecular formula is C18H16FNO. The summed E-state index contributed by atoms with van der Waals surface area (Å²) >= 11 is 0. The lowest BCUT2D eigenvalue weighted by molar-refractivity contribution is 0.103. The predicted octanol–water partition coefficient (Wildman–Crippen LogP) is 3.60. The third-order valence-electron chi connectivity index (χ3n) is 3.69. The number of benzene rings is 2. The van der Waals surface area contributed by atoms with Gasteiger partial charge in [0, 0.05) is 31.8 Å². The van der Waals surface area contributed by atoms with E-state index in [0.29, 0.717) is 5.57 Å². The molecule has 0 amide bonds. The van der Waals surface area contributed by atoms with Gasteiger partial charge >= 0.3 is 0 Å². The van der Waals surface area contributed by atoms with E-state index in [1.54, 1.807) is 12.3 Å². The van der Waals surface area contributed by atoms with Crippen LogP contribution >= 0.6 is 0 Å². The molecule has 106 valence electrons. The van der Waals surface area contributed by atoms with Gasteiger partial charge in [0.1, 0.15) is 5.82 Å². The van der Waals surface area contributed by atoms with Gasteiger partial charge in [-0.05, 0) is 17.2 Å². The molecule has 1 aliphatic carbocycles. The zero-order valence-corrected chi connectivity index (χ0v) is 12.0. The lowest BCUT2D eigenvalue weighted by atomic mass is 9.90. The molecule has 2 aromatic rings. The number of carbonyl (C=O) groups is 1. The van der Waals surface area contributed by atoms with Gasteiger partial charge in [0.2, 0.25) is 0 Å². The number of ketones is 1. The molecule has 0 N–H and O–H groups in total. The minimum Gasteiger partial charge on any atom is -0.383 e. The molecule has 3 rings (SSSR count). The third-order valence-corrected chi connectivity index (χ3v) is 3.69. The van der Waals surface area contributed by atoms with E-state index < -0.39 is 5.82 Å². The van der Waals surface area contributed by atoms with Crippen LogP contribution < -0.4 is 0 Å². The Kier molecular flexibility index (Phi) is 3.34. The van der Waals surface area contributed by atoms with Crippen LogP contribution in [0.15, 0.2) is 60.3 Å². The molecule has 1 atom stereocenters. The van der Waals surface area contributed by atoms with E-state index >= 15 is 0 Å². The number of hydrogen-bond acceptors (Lipinski definition) is 2. The second-order valence-electron chi connectivity index (χ2n) is 5.42. The van der Waals surface area contributed by atoms with E-state index in [-0.39, 0.29) is 17.3 Å². The number of halogens is 1. The summed E-state index contributed by atoms with van der Waals surface area (Å²) in [6.07, 6.45) is 1.79. The normalized spacial score (nSPS) is 18.9. The zero-order chi connectivity index (χ0) is 15.0. The highest BCUT2D eigenvalue weighted by molar-refractivity contribution is 6.15. The first-order valence-corrected chi connectivity index (χ1v) is 6.86. The average Bonchev–Trinajstić information content (AvgIpc) is 2.73. The molecule has 0 unspecified atom stereocenters. The van der Waals surface area contributed by atoms with Crippen LogP contribution in [0.3, 0.4) is 0 Å². The standard InChI is InChI=1S/C18H16FNO/c1-20(2)11-14-16(12-7-4-3-5-8-12)13-9-6-10-15(19)17(13)18(14)21/h3-11,16H,1-2H3/t16-/m0/s1. The highest BCUT2D eigenvalue weighted by atomic mass is 19.1. The van der Waals surface area contributed by atoms with Crippen molar-refractivity contribution in [2.45, 2.75) is 5.92 Å². The van der Waals surface area contributed by atoms with Crippen LogP contribution in [0.25, 0.3) is 0 Å². The van der Waals surface area contributed by atoms with Gasteiger partial charge < -0.3 is 4.90 Å². The van der Waals surface area contributed by atoms with Gasteiger partial charge in [0.05, 0.1) is 5.56 Å². The first kappa shape index (κ1) is 13.6. The predicted molar refractivity (Wildman–Crippen MR) is 80.8 cm³/mol. The Morgan fingerprint density at radius 3 is 2.43 bits per heavy atom. The van der Waals surface area contributed by atoms with E-state index in [2.05, 4.69) is 0 Å². The summed E-state index contributed by atoms with van der Waals surface area (Å²) in [6.45, 7) is 0. The Hall–Kier alpha value is -2.42. The molecule has 0 aromatic heterocycles. The van der Waals surface area contributed by atoms with Gasteiger partial charge in [0.15, 0.2) is 5.78 Å². The second-order valence-corrected chi connectivity index (χ2v) is 5.42. The summed E-state index contributed by atoms with van der Waals surface area (Å²) in [7, 11) is 3.73. The fourth-order valence-corrected chi connectivity index (χ4v) is 2.88. The van der Waals surface area contributed by atoms with Crippen molar-refractivity contribution in [3.05, 3.63) is 82.8 Å². The highest BCUT2D eigenvalue weighted by Crippen LogP contribution is 2.42. The Bertz CT molecular complexity index is 719. The van der Waals surface area contributed by atoms with Crippen LogP contribution in [-0.2, 0) is 0 Å². The summed E-state index contributed by atoms with van der Waals surface area (Å²) in [5.74, 6) is -0.863. The minimum atomic E-state index is -0.444. The molecule has 2 aromatic carbocycles. The van der Waals surface area contributed by atoms with Gasteiger partial charge in [-0.2, -0.15) is 0 Å². The van der Waals surface area contributed by atoms with Gasteiger partial charge in [-0.1, -0.05) is 42.5 Å². The average molecular weight is 281 g/mol. The number of Topliss-reactive ketones (excluding diaryl/α,β-unsaturated/α-hetero) is 1. The highest BCUT2D eigenvalue weighted by Gasteiger charge is 2.37. The third kappa shape index (κ3) is 2.25. The van der Waals surface area contributed by atoms with E-state index in [1.807, 2.05) is 55.4 Å². The zero-order valence-electron chi connectivity index (χ0n) is 12.0. The molecule has 21 heavy (non-hydrogen) atoms. The second kappa shape index (κ2) is 5.17. The Labute approximate surface area is 123 Å². The molecule has 0 bridgehead atoms. The van der Waals surface area contributed by atoms with E-state index in [1.165, 1.54) is 6.07 Å². The SMILES string of the molecule is CN(C)C=C1C(=O)c2c(F)cccc2[C@@H]1c1ccccc1. The Morgan fingerprint density at radius 1 is 1.05 bits per heavy atom. The maximum atomic E-state index is 14.1. The van der Waals surface area contributed by atoms with Crippen molar-refractivity contribution >= 4 is 5.78 Å². The smallest absolute Gasteiger partial charge is 0.194 e. The molecule has 0 saturated carbocycles. The van der Waals surface area contributed by atoms with E-state index in [0.717, 1.165) is 11.1 Å². The van der Waals surface area contributed by atoms with E-state index in [4.69, 9.17) is 0 Å². The largest absolute Gasteiger partial charge is 0.383 e. The van der Waals surface area contributed by atoms with Crippen molar-refractivity contribution < 1.29 is 9.18 Å². The number of nitrogens with zero attached hydrogens (tertiary/aromatic N) is 1. The maximum Gasteiger partial charge on any atom is 0.194 e. The fourth-order valence-electron chi connectivity index (χ4n) is 2.88. The number of carbonyl (C=O) groups excluding carboxylic acids is 1. The summed E-state index contributed by atoms with van der Waals surface area (Å²) in [6, 6.07) is 14.6. The minimum absolute atomic E-state index is 0.202. The first-order valence-electron chi connectivity index (χ1n) is 6.86. The number of hydrogen-bond donors (Lipinski definition) is 0.